The molecule has 0 aliphatic carbocycles. The summed E-state index contributed by atoms with van der Waals surface area (Å²) >= 11 is 10.1. The molecule has 2 fully saturated rings. The summed E-state index contributed by atoms with van der Waals surface area (Å²) in [7, 11) is 0.485. The van der Waals surface area contributed by atoms with Gasteiger partial charge >= 0.3 is 20.8 Å². The van der Waals surface area contributed by atoms with E-state index in [4.69, 9.17) is 33.5 Å². The molecule has 2 aliphatic rings. The summed E-state index contributed by atoms with van der Waals surface area (Å²) in [4.78, 5) is 3.79. The SMILES string of the molecule is C1CCNC1.C1CCNC1.CN(C)C(=S)SSC(=S)N(C)C.O=S(=O)(O)OS(=O)(=O)O. The van der Waals surface area contributed by atoms with Crippen molar-refractivity contribution in [2.75, 3.05) is 54.4 Å². The lowest BCUT2D eigenvalue weighted by Crippen LogP contribution is -2.18. The van der Waals surface area contributed by atoms with Gasteiger partial charge in [-0.1, -0.05) is 24.4 Å². The van der Waals surface area contributed by atoms with Crippen LogP contribution in [-0.4, -0.2) is 98.8 Å². The van der Waals surface area contributed by atoms with Crippen molar-refractivity contribution in [1.29, 1.82) is 0 Å². The van der Waals surface area contributed by atoms with E-state index in [1.54, 1.807) is 0 Å². The Morgan fingerprint density at radius 2 is 1.00 bits per heavy atom. The second kappa shape index (κ2) is 18.6. The molecule has 4 N–H and O–H groups in total. The van der Waals surface area contributed by atoms with Crippen LogP contribution in [0.15, 0.2) is 0 Å². The molecule has 11 nitrogen and oxygen atoms in total. The van der Waals surface area contributed by atoms with Crippen molar-refractivity contribution in [3.8, 4) is 0 Å². The molecule has 0 unspecified atom stereocenters. The van der Waals surface area contributed by atoms with Gasteiger partial charge in [-0.25, -0.2) is 0 Å². The van der Waals surface area contributed by atoms with Crippen LogP contribution in [0.4, 0.5) is 0 Å². The average molecular weight is 561 g/mol. The Kier molecular flexibility index (Phi) is 20.0. The van der Waals surface area contributed by atoms with Crippen LogP contribution in [0.25, 0.3) is 0 Å². The van der Waals surface area contributed by atoms with Gasteiger partial charge in [-0.15, -0.1) is 3.63 Å². The summed E-state index contributed by atoms with van der Waals surface area (Å²) in [6, 6.07) is 0. The molecular weight excluding hydrogens is 529 g/mol. The molecule has 31 heavy (non-hydrogen) atoms. The van der Waals surface area contributed by atoms with Gasteiger partial charge in [-0.3, -0.25) is 9.11 Å². The highest BCUT2D eigenvalue weighted by atomic mass is 33.1. The van der Waals surface area contributed by atoms with Crippen LogP contribution in [-0.2, 0) is 24.4 Å². The molecule has 0 saturated carbocycles. The van der Waals surface area contributed by atoms with Gasteiger partial charge in [-0.2, -0.15) is 16.8 Å². The molecule has 0 aromatic carbocycles. The molecule has 2 heterocycles. The lowest BCUT2D eigenvalue weighted by Gasteiger charge is -2.15. The summed E-state index contributed by atoms with van der Waals surface area (Å²) in [5, 5.41) is 6.44. The average Bonchev–Trinajstić information content (AvgIpc) is 3.34. The fourth-order valence-corrected chi connectivity index (χ4v) is 4.82. The van der Waals surface area contributed by atoms with Crippen molar-refractivity contribution in [3.05, 3.63) is 0 Å². The van der Waals surface area contributed by atoms with Gasteiger partial charge in [0.05, 0.1) is 0 Å². The Morgan fingerprint density at radius 1 is 0.742 bits per heavy atom. The molecule has 0 amide bonds. The van der Waals surface area contributed by atoms with E-state index in [0.717, 1.165) is 8.64 Å². The van der Waals surface area contributed by atoms with Gasteiger partial charge in [0.25, 0.3) is 0 Å². The Labute approximate surface area is 204 Å². The van der Waals surface area contributed by atoms with E-state index in [9.17, 15) is 16.8 Å². The maximum absolute atomic E-state index is 9.44. The second-order valence-corrected chi connectivity index (χ2v) is 12.0. The number of hydrogen-bond donors (Lipinski definition) is 4. The molecule has 0 bridgehead atoms. The second-order valence-electron chi connectivity index (χ2n) is 6.33. The van der Waals surface area contributed by atoms with Crippen LogP contribution >= 0.6 is 46.0 Å². The molecular formula is C14H32N4O7S6. The molecule has 0 aromatic heterocycles. The molecule has 2 aliphatic heterocycles. The predicted octanol–water partition coefficient (Wildman–Crippen LogP) is 1.41. The van der Waals surface area contributed by atoms with Crippen LogP contribution in [0, 0.1) is 0 Å². The highest BCUT2D eigenvalue weighted by molar-refractivity contribution is 8.89. The van der Waals surface area contributed by atoms with Crippen molar-refractivity contribution < 1.29 is 29.6 Å². The third kappa shape index (κ3) is 28.1. The summed E-state index contributed by atoms with van der Waals surface area (Å²) in [5.41, 5.74) is 0. The first-order chi connectivity index (χ1) is 14.2. The quantitative estimate of drug-likeness (QED) is 0.219. The van der Waals surface area contributed by atoms with Crippen molar-refractivity contribution in [3.63, 3.8) is 0 Å². The summed E-state index contributed by atoms with van der Waals surface area (Å²) in [6.07, 6.45) is 5.56. The smallest absolute Gasteiger partial charge is 0.363 e. The lowest BCUT2D eigenvalue weighted by atomic mass is 10.4. The number of hydrogen-bond acceptors (Lipinski definition) is 11. The predicted molar refractivity (Wildman–Crippen MR) is 136 cm³/mol. The first kappa shape index (κ1) is 33.4. The summed E-state index contributed by atoms with van der Waals surface area (Å²) in [5.74, 6) is 0. The normalized spacial score (nSPS) is 15.3. The molecule has 2 saturated heterocycles. The van der Waals surface area contributed by atoms with Crippen LogP contribution in [0.2, 0.25) is 0 Å². The van der Waals surface area contributed by atoms with Crippen molar-refractivity contribution in [2.24, 2.45) is 0 Å². The molecule has 0 spiro atoms. The van der Waals surface area contributed by atoms with E-state index in [2.05, 4.69) is 14.3 Å². The van der Waals surface area contributed by atoms with E-state index in [0.29, 0.717) is 0 Å². The van der Waals surface area contributed by atoms with E-state index in [1.807, 2.05) is 38.0 Å². The molecule has 17 heteroatoms. The monoisotopic (exact) mass is 560 g/mol. The lowest BCUT2D eigenvalue weighted by molar-refractivity contribution is 0.344. The zero-order valence-corrected chi connectivity index (χ0v) is 22.8. The number of rotatable bonds is 2. The first-order valence-corrected chi connectivity index (χ1v) is 14.7. The highest BCUT2D eigenvalue weighted by Gasteiger charge is 2.15. The van der Waals surface area contributed by atoms with Crippen LogP contribution in [0.5, 0.6) is 0 Å². The zero-order valence-electron chi connectivity index (χ0n) is 17.9. The molecule has 186 valence electrons. The van der Waals surface area contributed by atoms with Crippen molar-refractivity contribution in [1.82, 2.24) is 20.4 Å². The minimum Gasteiger partial charge on any atom is -0.363 e. The van der Waals surface area contributed by atoms with Gasteiger partial charge in [0.2, 0.25) is 0 Å². The third-order valence-electron chi connectivity index (χ3n) is 3.00. The van der Waals surface area contributed by atoms with Gasteiger partial charge < -0.3 is 20.4 Å². The van der Waals surface area contributed by atoms with E-state index in [-0.39, 0.29) is 0 Å². The van der Waals surface area contributed by atoms with Gasteiger partial charge in [-0.05, 0) is 73.5 Å². The molecule has 2 rings (SSSR count). The first-order valence-electron chi connectivity index (χ1n) is 9.00. The van der Waals surface area contributed by atoms with Crippen molar-refractivity contribution in [2.45, 2.75) is 25.7 Å². The fraction of sp³-hybridized carbons (Fsp3) is 0.857. The van der Waals surface area contributed by atoms with Gasteiger partial charge in [0.15, 0.2) is 0 Å². The topological polar surface area (TPSA) is 149 Å². The van der Waals surface area contributed by atoms with Crippen LogP contribution in [0.1, 0.15) is 25.7 Å². The zero-order chi connectivity index (χ0) is 24.5. The van der Waals surface area contributed by atoms with E-state index < -0.39 is 20.8 Å². The number of nitrogens with one attached hydrogen (secondary N) is 2. The summed E-state index contributed by atoms with van der Waals surface area (Å²) < 4.78 is 57.2. The Balaban J connectivity index is 0. The van der Waals surface area contributed by atoms with Crippen LogP contribution < -0.4 is 10.6 Å². The van der Waals surface area contributed by atoms with Gasteiger partial charge in [0.1, 0.15) is 8.64 Å². The minimum absolute atomic E-state index is 0.837. The molecule has 0 aromatic rings. The number of nitrogens with zero attached hydrogens (tertiary/aromatic N) is 2. The fourth-order valence-electron chi connectivity index (χ4n) is 1.58. The standard InChI is InChI=1S/C6H12N2S4.2C4H9N.H2O7S2/c1-7(2)5(9)11-12-6(10)8(3)4;2*1-2-4-5-3-1;1-8(2,3)7-9(4,5)6/h1-4H3;2*5H,1-4H2;(H,1,2,3)(H,4,5,6). The Bertz CT molecular complexity index is 633. The molecule has 0 radical (unpaired) electrons. The highest BCUT2D eigenvalue weighted by Crippen LogP contribution is 2.26. The van der Waals surface area contributed by atoms with Crippen molar-refractivity contribution >= 4 is 75.5 Å². The van der Waals surface area contributed by atoms with Crippen LogP contribution in [0.3, 0.4) is 0 Å². The van der Waals surface area contributed by atoms with E-state index >= 15 is 0 Å². The maximum Gasteiger partial charge on any atom is 0.413 e. The maximum atomic E-state index is 9.44. The van der Waals surface area contributed by atoms with Gasteiger partial charge in [0, 0.05) is 28.2 Å². The Hall–Kier alpha value is 0.180. The Morgan fingerprint density at radius 3 is 1.10 bits per heavy atom. The molecule has 0 atom stereocenters. The third-order valence-corrected chi connectivity index (χ3v) is 8.54. The van der Waals surface area contributed by atoms with E-state index in [1.165, 1.54) is 73.5 Å². The number of thiocarbonyl (C=S) groups is 2. The minimum atomic E-state index is -5.12. The summed E-state index contributed by atoms with van der Waals surface area (Å²) in [6.45, 7) is 5.00. The largest absolute Gasteiger partial charge is 0.413 e.